The normalized spacial score (nSPS) is 27.9. The molecule has 1 fully saturated rings. The quantitative estimate of drug-likeness (QED) is 0.792. The fraction of sp³-hybridized carbons (Fsp3) is 0.867. The van der Waals surface area contributed by atoms with Crippen LogP contribution >= 0.6 is 0 Å². The minimum atomic E-state index is -0.835. The lowest BCUT2D eigenvalue weighted by atomic mass is 9.97. The lowest BCUT2D eigenvalue weighted by molar-refractivity contribution is -0.153. The van der Waals surface area contributed by atoms with Crippen LogP contribution in [0.4, 0.5) is 4.79 Å². The summed E-state index contributed by atoms with van der Waals surface area (Å²) in [6, 6.07) is -0.835. The summed E-state index contributed by atoms with van der Waals surface area (Å²) in [6.07, 6.45) is 0.922. The van der Waals surface area contributed by atoms with Gasteiger partial charge in [-0.05, 0) is 46.5 Å². The monoisotopic (exact) mass is 301 g/mol. The van der Waals surface area contributed by atoms with Gasteiger partial charge in [0.2, 0.25) is 0 Å². The lowest BCUT2D eigenvalue weighted by Crippen LogP contribution is -2.47. The average Bonchev–Trinajstić information content (AvgIpc) is 2.39. The third-order valence-corrected chi connectivity index (χ3v) is 3.38. The summed E-state index contributed by atoms with van der Waals surface area (Å²) < 4.78 is 16.1. The Balaban J connectivity index is 2.64. The molecule has 6 heteroatoms. The molecule has 21 heavy (non-hydrogen) atoms. The van der Waals surface area contributed by atoms with Crippen molar-refractivity contribution in [2.45, 2.75) is 65.2 Å². The van der Waals surface area contributed by atoms with E-state index >= 15 is 0 Å². The van der Waals surface area contributed by atoms with Crippen molar-refractivity contribution in [2.24, 2.45) is 5.92 Å². The summed E-state index contributed by atoms with van der Waals surface area (Å²) >= 11 is 0. The van der Waals surface area contributed by atoms with Gasteiger partial charge < -0.3 is 19.5 Å². The second kappa shape index (κ2) is 7.64. The minimum absolute atomic E-state index is 0.0984. The van der Waals surface area contributed by atoms with Gasteiger partial charge in [0.05, 0.1) is 6.61 Å². The fourth-order valence-electron chi connectivity index (χ4n) is 2.19. The maximum absolute atomic E-state index is 12.1. The first-order valence-electron chi connectivity index (χ1n) is 7.50. The van der Waals surface area contributed by atoms with Crippen LogP contribution in [0.1, 0.15) is 47.5 Å². The summed E-state index contributed by atoms with van der Waals surface area (Å²) in [5.74, 6) is -0.206. The highest BCUT2D eigenvalue weighted by Crippen LogP contribution is 2.19. The van der Waals surface area contributed by atoms with Crippen LogP contribution in [-0.2, 0) is 19.0 Å². The number of carbonyl (C=O) groups is 2. The summed E-state index contributed by atoms with van der Waals surface area (Å²) in [6.45, 7) is 9.87. The zero-order valence-electron chi connectivity index (χ0n) is 13.6. The Morgan fingerprint density at radius 1 is 1.43 bits per heavy atom. The molecular weight excluding hydrogens is 274 g/mol. The first kappa shape index (κ1) is 17.8. The van der Waals surface area contributed by atoms with Gasteiger partial charge in [-0.2, -0.15) is 0 Å². The maximum Gasteiger partial charge on any atom is 0.408 e. The minimum Gasteiger partial charge on any atom is -0.461 e. The van der Waals surface area contributed by atoms with Gasteiger partial charge in [-0.1, -0.05) is 6.92 Å². The van der Waals surface area contributed by atoms with Crippen molar-refractivity contribution in [3.63, 3.8) is 0 Å². The molecule has 1 aliphatic heterocycles. The van der Waals surface area contributed by atoms with E-state index < -0.39 is 23.7 Å². The van der Waals surface area contributed by atoms with Crippen LogP contribution in [-0.4, -0.2) is 43.0 Å². The van der Waals surface area contributed by atoms with Crippen molar-refractivity contribution in [1.82, 2.24) is 5.32 Å². The number of rotatable bonds is 2. The Morgan fingerprint density at radius 3 is 2.67 bits per heavy atom. The highest BCUT2D eigenvalue weighted by atomic mass is 16.6. The summed E-state index contributed by atoms with van der Waals surface area (Å²) in [7, 11) is 0. The molecule has 0 aromatic heterocycles. The van der Waals surface area contributed by atoms with Crippen LogP contribution in [0.3, 0.4) is 0 Å². The molecule has 1 N–H and O–H groups in total. The molecule has 0 bridgehead atoms. The number of hydrogen-bond donors (Lipinski definition) is 1. The Morgan fingerprint density at radius 2 is 2.10 bits per heavy atom. The number of carbonyl (C=O) groups excluding carboxylic acids is 2. The van der Waals surface area contributed by atoms with E-state index in [1.54, 1.807) is 20.8 Å². The van der Waals surface area contributed by atoms with Gasteiger partial charge in [-0.15, -0.1) is 0 Å². The Labute approximate surface area is 126 Å². The Hall–Kier alpha value is -1.30. The van der Waals surface area contributed by atoms with E-state index in [4.69, 9.17) is 14.2 Å². The molecule has 0 aromatic rings. The van der Waals surface area contributed by atoms with Crippen molar-refractivity contribution in [2.75, 3.05) is 13.2 Å². The standard InChI is InChI=1S/C15H27NO5/c1-6-11-7-8-19-9-12(13(17)20-10(11)2)16-14(18)21-15(3,4)5/h10-12H,6-9H2,1-5H3,(H,16,18)/t10-,11+,12-/m0/s1. The number of nitrogens with one attached hydrogen (secondary N) is 1. The Kier molecular flexibility index (Phi) is 6.45. The number of hydrogen-bond acceptors (Lipinski definition) is 5. The lowest BCUT2D eigenvalue weighted by Gasteiger charge is -2.24. The van der Waals surface area contributed by atoms with E-state index in [1.165, 1.54) is 0 Å². The van der Waals surface area contributed by atoms with Crippen molar-refractivity contribution in [3.05, 3.63) is 0 Å². The number of ether oxygens (including phenoxy) is 3. The molecular formula is C15H27NO5. The molecule has 0 aliphatic carbocycles. The van der Waals surface area contributed by atoms with Crippen LogP contribution in [0.25, 0.3) is 0 Å². The summed E-state index contributed by atoms with van der Waals surface area (Å²) in [5.41, 5.74) is -0.617. The van der Waals surface area contributed by atoms with Crippen molar-refractivity contribution >= 4 is 12.1 Å². The average molecular weight is 301 g/mol. The van der Waals surface area contributed by atoms with Crippen molar-refractivity contribution < 1.29 is 23.8 Å². The van der Waals surface area contributed by atoms with E-state index in [2.05, 4.69) is 12.2 Å². The van der Waals surface area contributed by atoms with Gasteiger partial charge in [-0.25, -0.2) is 9.59 Å². The molecule has 0 aromatic carbocycles. The molecule has 0 unspecified atom stereocenters. The van der Waals surface area contributed by atoms with Crippen LogP contribution in [0.2, 0.25) is 0 Å². The highest BCUT2D eigenvalue weighted by Gasteiger charge is 2.30. The molecule has 6 nitrogen and oxygen atoms in total. The van der Waals surface area contributed by atoms with Gasteiger partial charge >= 0.3 is 12.1 Å². The van der Waals surface area contributed by atoms with Crippen molar-refractivity contribution in [1.29, 1.82) is 0 Å². The van der Waals surface area contributed by atoms with E-state index in [9.17, 15) is 9.59 Å². The van der Waals surface area contributed by atoms with Gasteiger partial charge in [0, 0.05) is 6.61 Å². The van der Waals surface area contributed by atoms with Gasteiger partial charge in [-0.3, -0.25) is 0 Å². The van der Waals surface area contributed by atoms with Crippen LogP contribution < -0.4 is 5.32 Å². The molecule has 122 valence electrons. The van der Waals surface area contributed by atoms with E-state index in [-0.39, 0.29) is 18.6 Å². The predicted octanol–water partition coefficient (Wildman–Crippen LogP) is 2.26. The van der Waals surface area contributed by atoms with E-state index in [0.717, 1.165) is 12.8 Å². The van der Waals surface area contributed by atoms with Gasteiger partial charge in [0.15, 0.2) is 6.04 Å². The SMILES string of the molecule is CC[C@@H]1CCOC[C@H](NC(=O)OC(C)(C)C)C(=O)O[C@H]1C. The number of amides is 1. The van der Waals surface area contributed by atoms with Crippen LogP contribution in [0, 0.1) is 5.92 Å². The van der Waals surface area contributed by atoms with Crippen LogP contribution in [0.15, 0.2) is 0 Å². The molecule has 0 saturated carbocycles. The maximum atomic E-state index is 12.1. The predicted molar refractivity (Wildman–Crippen MR) is 77.9 cm³/mol. The summed E-state index contributed by atoms with van der Waals surface area (Å²) in [5, 5.41) is 2.51. The van der Waals surface area contributed by atoms with Gasteiger partial charge in [0.25, 0.3) is 0 Å². The second-order valence-corrected chi connectivity index (χ2v) is 6.37. The molecule has 0 spiro atoms. The first-order valence-corrected chi connectivity index (χ1v) is 7.50. The fourth-order valence-corrected chi connectivity index (χ4v) is 2.19. The van der Waals surface area contributed by atoms with E-state index in [0.29, 0.717) is 6.61 Å². The molecule has 1 aliphatic rings. The number of alkyl carbamates (subject to hydrolysis) is 1. The molecule has 1 heterocycles. The van der Waals surface area contributed by atoms with Crippen LogP contribution in [0.5, 0.6) is 0 Å². The highest BCUT2D eigenvalue weighted by molar-refractivity contribution is 5.81. The number of esters is 1. The molecule has 3 atom stereocenters. The molecule has 1 rings (SSSR count). The zero-order chi connectivity index (χ0) is 16.0. The molecule has 1 saturated heterocycles. The molecule has 1 amide bonds. The summed E-state index contributed by atoms with van der Waals surface area (Å²) in [4.78, 5) is 23.9. The van der Waals surface area contributed by atoms with Crippen molar-refractivity contribution in [3.8, 4) is 0 Å². The second-order valence-electron chi connectivity index (χ2n) is 6.37. The topological polar surface area (TPSA) is 73.9 Å². The van der Waals surface area contributed by atoms with Gasteiger partial charge in [0.1, 0.15) is 11.7 Å². The first-order chi connectivity index (χ1) is 9.73. The Bertz CT molecular complexity index is 364. The smallest absolute Gasteiger partial charge is 0.408 e. The largest absolute Gasteiger partial charge is 0.461 e. The zero-order valence-corrected chi connectivity index (χ0v) is 13.6. The molecule has 0 radical (unpaired) electrons. The van der Waals surface area contributed by atoms with E-state index in [1.807, 2.05) is 6.92 Å². The third kappa shape index (κ3) is 6.33. The number of cyclic esters (lactones) is 1. The third-order valence-electron chi connectivity index (χ3n) is 3.38.